The van der Waals surface area contributed by atoms with Crippen LogP contribution in [0.2, 0.25) is 0 Å². The van der Waals surface area contributed by atoms with Crippen LogP contribution in [0.4, 0.5) is 23.1 Å². The highest BCUT2D eigenvalue weighted by Crippen LogP contribution is 2.31. The lowest BCUT2D eigenvalue weighted by Crippen LogP contribution is -2.44. The number of nitrogens with one attached hydrogen (secondary N) is 1. The summed E-state index contributed by atoms with van der Waals surface area (Å²) in [4.78, 5) is 19.2. The first-order valence-corrected chi connectivity index (χ1v) is 12.5. The number of hydrogen-bond donors (Lipinski definition) is 1. The van der Waals surface area contributed by atoms with Crippen LogP contribution < -0.4 is 5.32 Å². The number of hydrogen-bond acceptors (Lipinski definition) is 4. The van der Waals surface area contributed by atoms with E-state index in [4.69, 9.17) is 0 Å². The first kappa shape index (κ1) is 23.9. The van der Waals surface area contributed by atoms with Crippen LogP contribution in [0.15, 0.2) is 34.7 Å². The van der Waals surface area contributed by atoms with Gasteiger partial charge in [0.15, 0.2) is 5.13 Å². The van der Waals surface area contributed by atoms with Gasteiger partial charge in [-0.25, -0.2) is 9.78 Å². The van der Waals surface area contributed by atoms with Crippen molar-refractivity contribution in [3.05, 3.63) is 41.6 Å². The molecule has 0 aliphatic heterocycles. The minimum atomic E-state index is -4.34. The largest absolute Gasteiger partial charge is 0.416 e. The van der Waals surface area contributed by atoms with Crippen molar-refractivity contribution in [1.29, 1.82) is 0 Å². The molecule has 1 aromatic carbocycles. The minimum absolute atomic E-state index is 0.166. The highest BCUT2D eigenvalue weighted by atomic mass is 32.2. The molecule has 3 rings (SSSR count). The lowest BCUT2D eigenvalue weighted by Gasteiger charge is -2.34. The van der Waals surface area contributed by atoms with Crippen LogP contribution in [-0.4, -0.2) is 34.3 Å². The summed E-state index contributed by atoms with van der Waals surface area (Å²) >= 11 is 3.15. The molecule has 31 heavy (non-hydrogen) atoms. The van der Waals surface area contributed by atoms with Gasteiger partial charge in [0.2, 0.25) is 0 Å². The molecule has 0 radical (unpaired) electrons. The van der Waals surface area contributed by atoms with Crippen LogP contribution in [0.1, 0.15) is 56.6 Å². The van der Waals surface area contributed by atoms with Crippen molar-refractivity contribution in [2.24, 2.45) is 0 Å². The molecule has 1 fully saturated rings. The number of aryl methyl sites for hydroxylation is 1. The number of halogens is 3. The molecule has 0 unspecified atom stereocenters. The number of anilines is 1. The van der Waals surface area contributed by atoms with E-state index < -0.39 is 11.7 Å². The van der Waals surface area contributed by atoms with Crippen molar-refractivity contribution in [3.8, 4) is 0 Å². The molecule has 2 aromatic rings. The van der Waals surface area contributed by atoms with Crippen LogP contribution in [0.5, 0.6) is 0 Å². The maximum atomic E-state index is 13.0. The molecule has 1 heterocycles. The van der Waals surface area contributed by atoms with Crippen LogP contribution in [0.3, 0.4) is 0 Å². The van der Waals surface area contributed by atoms with E-state index in [1.807, 2.05) is 4.90 Å². The molecule has 0 atom stereocenters. The third-order valence-electron chi connectivity index (χ3n) is 5.38. The number of carbonyl (C=O) groups is 1. The summed E-state index contributed by atoms with van der Waals surface area (Å²) in [6.07, 6.45) is 3.83. The molecule has 0 spiro atoms. The monoisotopic (exact) mass is 471 g/mol. The van der Waals surface area contributed by atoms with E-state index in [1.165, 1.54) is 29.9 Å². The van der Waals surface area contributed by atoms with Gasteiger partial charge in [-0.1, -0.05) is 55.7 Å². The Labute approximate surface area is 189 Å². The molecule has 0 saturated heterocycles. The lowest BCUT2D eigenvalue weighted by molar-refractivity contribution is -0.137. The Morgan fingerprint density at radius 3 is 2.77 bits per heavy atom. The first-order valence-electron chi connectivity index (χ1n) is 10.7. The molecule has 1 aliphatic rings. The van der Waals surface area contributed by atoms with E-state index in [9.17, 15) is 18.0 Å². The molecular weight excluding hydrogens is 443 g/mol. The average Bonchev–Trinajstić information content (AvgIpc) is 3.18. The Morgan fingerprint density at radius 2 is 2.06 bits per heavy atom. The van der Waals surface area contributed by atoms with Gasteiger partial charge in [0.05, 0.1) is 16.0 Å². The summed E-state index contributed by atoms with van der Waals surface area (Å²) in [5.74, 6) is 0.944. The van der Waals surface area contributed by atoms with E-state index in [1.54, 1.807) is 24.0 Å². The Bertz CT molecular complexity index is 851. The second kappa shape index (κ2) is 11.2. The second-order valence-electron chi connectivity index (χ2n) is 7.63. The molecule has 1 aromatic heterocycles. The Hall–Kier alpha value is -1.74. The smallest absolute Gasteiger partial charge is 0.321 e. The zero-order valence-corrected chi connectivity index (χ0v) is 19.2. The minimum Gasteiger partial charge on any atom is -0.321 e. The third kappa shape index (κ3) is 7.14. The van der Waals surface area contributed by atoms with Crippen LogP contribution in [0, 0.1) is 0 Å². The SMILES string of the molecule is CCSc1cnc(NC(=O)N(CCCc2cccc(C(F)(F)F)c2)C2CCCCC2)s1. The second-order valence-corrected chi connectivity index (χ2v) is 10.2. The van der Waals surface area contributed by atoms with Gasteiger partial charge in [-0.3, -0.25) is 5.32 Å². The van der Waals surface area contributed by atoms with Gasteiger partial charge in [-0.15, -0.1) is 11.8 Å². The van der Waals surface area contributed by atoms with Gasteiger partial charge >= 0.3 is 12.2 Å². The fraction of sp³-hybridized carbons (Fsp3) is 0.545. The van der Waals surface area contributed by atoms with Crippen molar-refractivity contribution in [3.63, 3.8) is 0 Å². The maximum absolute atomic E-state index is 13.0. The molecule has 2 amide bonds. The number of alkyl halides is 3. The zero-order chi connectivity index (χ0) is 22.3. The number of nitrogens with zero attached hydrogens (tertiary/aromatic N) is 2. The number of benzene rings is 1. The molecule has 0 bridgehead atoms. The standard InChI is InChI=1S/C22H28F3N3OS2/c1-2-30-19-15-26-20(31-19)27-21(29)28(18-11-4-3-5-12-18)13-7-9-16-8-6-10-17(14-16)22(23,24)25/h6,8,10,14-15,18H,2-5,7,9,11-13H2,1H3,(H,26,27,29). The number of aromatic nitrogens is 1. The molecule has 1 saturated carbocycles. The predicted octanol–water partition coefficient (Wildman–Crippen LogP) is 7.07. The third-order valence-corrected chi connectivity index (χ3v) is 7.37. The fourth-order valence-electron chi connectivity index (χ4n) is 3.89. The number of rotatable bonds is 8. The molecule has 4 nitrogen and oxygen atoms in total. The summed E-state index contributed by atoms with van der Waals surface area (Å²) in [6.45, 7) is 2.58. The van der Waals surface area contributed by atoms with Gasteiger partial charge in [0.25, 0.3) is 0 Å². The topological polar surface area (TPSA) is 45.2 Å². The summed E-state index contributed by atoms with van der Waals surface area (Å²) in [6, 6.07) is 5.44. The number of thioether (sulfide) groups is 1. The Balaban J connectivity index is 1.62. The van der Waals surface area contributed by atoms with Gasteiger partial charge in [-0.2, -0.15) is 13.2 Å². The fourth-order valence-corrected chi connectivity index (χ4v) is 5.67. The van der Waals surface area contributed by atoms with Gasteiger partial charge in [0.1, 0.15) is 0 Å². The van der Waals surface area contributed by atoms with Crippen LogP contribution in [-0.2, 0) is 12.6 Å². The lowest BCUT2D eigenvalue weighted by atomic mass is 9.94. The summed E-state index contributed by atoms with van der Waals surface area (Å²) < 4.78 is 39.9. The van der Waals surface area contributed by atoms with Crippen LogP contribution >= 0.6 is 23.1 Å². The van der Waals surface area contributed by atoms with E-state index in [0.29, 0.717) is 30.1 Å². The summed E-state index contributed by atoms with van der Waals surface area (Å²) in [7, 11) is 0. The normalized spacial score (nSPS) is 15.1. The zero-order valence-electron chi connectivity index (χ0n) is 17.6. The molecule has 9 heteroatoms. The van der Waals surface area contributed by atoms with Crippen molar-refractivity contribution in [1.82, 2.24) is 9.88 Å². The number of amides is 2. The van der Waals surface area contributed by atoms with Gasteiger partial charge < -0.3 is 4.90 Å². The van der Waals surface area contributed by atoms with E-state index >= 15 is 0 Å². The van der Waals surface area contributed by atoms with Gasteiger partial charge in [-0.05, 0) is 43.1 Å². The average molecular weight is 472 g/mol. The predicted molar refractivity (Wildman–Crippen MR) is 121 cm³/mol. The quantitative estimate of drug-likeness (QED) is 0.419. The highest BCUT2D eigenvalue weighted by molar-refractivity contribution is 8.01. The Morgan fingerprint density at radius 1 is 1.29 bits per heavy atom. The van der Waals surface area contributed by atoms with Crippen molar-refractivity contribution in [2.75, 3.05) is 17.6 Å². The van der Waals surface area contributed by atoms with Crippen molar-refractivity contribution >= 4 is 34.3 Å². The van der Waals surface area contributed by atoms with Crippen molar-refractivity contribution < 1.29 is 18.0 Å². The molecule has 1 aliphatic carbocycles. The molecular formula is C22H28F3N3OS2. The summed E-state index contributed by atoms with van der Waals surface area (Å²) in [5.41, 5.74) is 0.0105. The van der Waals surface area contributed by atoms with Gasteiger partial charge in [0, 0.05) is 12.6 Å². The maximum Gasteiger partial charge on any atom is 0.416 e. The number of carbonyl (C=O) groups excluding carboxylic acids is 1. The number of urea groups is 1. The number of thiazole rings is 1. The van der Waals surface area contributed by atoms with E-state index in [-0.39, 0.29) is 12.1 Å². The van der Waals surface area contributed by atoms with E-state index in [2.05, 4.69) is 17.2 Å². The van der Waals surface area contributed by atoms with Crippen LogP contribution in [0.25, 0.3) is 0 Å². The highest BCUT2D eigenvalue weighted by Gasteiger charge is 2.30. The van der Waals surface area contributed by atoms with E-state index in [0.717, 1.165) is 41.7 Å². The molecule has 170 valence electrons. The van der Waals surface area contributed by atoms with Crippen molar-refractivity contribution in [2.45, 2.75) is 68.3 Å². The Kier molecular flexibility index (Phi) is 8.66. The molecule has 1 N–H and O–H groups in total. The summed E-state index contributed by atoms with van der Waals surface area (Å²) in [5, 5.41) is 3.51. The first-order chi connectivity index (χ1) is 14.9.